The molecule has 0 saturated carbocycles. The van der Waals surface area contributed by atoms with Crippen LogP contribution in [0.15, 0.2) is 22.4 Å². The highest BCUT2D eigenvalue weighted by atomic mass is 32.2. The van der Waals surface area contributed by atoms with Gasteiger partial charge in [0.15, 0.2) is 5.17 Å². The van der Waals surface area contributed by atoms with E-state index in [1.54, 1.807) is 5.01 Å². The number of piperazine rings is 1. The third kappa shape index (κ3) is 10.1. The van der Waals surface area contributed by atoms with Gasteiger partial charge in [-0.3, -0.25) is 5.41 Å². The van der Waals surface area contributed by atoms with Gasteiger partial charge in [-0.15, -0.1) is 0 Å². The molecule has 4 aliphatic rings. The first-order valence-corrected chi connectivity index (χ1v) is 11.4. The molecule has 0 aromatic carbocycles. The van der Waals surface area contributed by atoms with Crippen molar-refractivity contribution in [1.82, 2.24) is 19.7 Å². The average Bonchev–Trinajstić information content (AvgIpc) is 3.06. The maximum atomic E-state index is 7.81. The van der Waals surface area contributed by atoms with E-state index in [1.807, 2.05) is 13.8 Å². The summed E-state index contributed by atoms with van der Waals surface area (Å²) < 4.78 is 0. The number of aliphatic imine (C=N–C) groups is 1. The molecule has 1 N–H and O–H groups in total. The van der Waals surface area contributed by atoms with Crippen molar-refractivity contribution in [2.24, 2.45) is 21.9 Å². The lowest BCUT2D eigenvalue weighted by atomic mass is 10.00. The fourth-order valence-electron chi connectivity index (χ4n) is 3.21. The third-order valence-corrected chi connectivity index (χ3v) is 6.60. The van der Waals surface area contributed by atoms with E-state index in [-0.39, 0.29) is 28.2 Å². The molecule has 0 bridgehead atoms. The number of thioether (sulfide) groups is 1. The second-order valence-electron chi connectivity index (χ2n) is 8.62. The van der Waals surface area contributed by atoms with E-state index in [1.165, 1.54) is 63.9 Å². The Bertz CT molecular complexity index is 590. The van der Waals surface area contributed by atoms with Crippen molar-refractivity contribution >= 4 is 27.8 Å². The molecule has 7 nitrogen and oxygen atoms in total. The van der Waals surface area contributed by atoms with Gasteiger partial charge in [-0.25, -0.2) is 4.99 Å². The highest BCUT2D eigenvalue weighted by molar-refractivity contribution is 8.26. The minimum Gasteiger partial charge on any atom is -0.306 e. The van der Waals surface area contributed by atoms with Crippen molar-refractivity contribution in [3.8, 4) is 0 Å². The van der Waals surface area contributed by atoms with Gasteiger partial charge >= 0.3 is 0 Å². The largest absolute Gasteiger partial charge is 0.306 e. The molecule has 4 aliphatic heterocycles. The highest BCUT2D eigenvalue weighted by Crippen LogP contribution is 2.30. The number of nitrogens with one attached hydrogen (secondary N) is 1. The fraction of sp³-hybridized carbons (Fsp3) is 0.792. The Balaban J connectivity index is 0. The SMILES string of the molecule is C.C.C.C=C1N=C2SC(C)=NN2C(=N)C1C.CC1CCN(C)CC1.CN1CCN(C)CC1. The zero-order valence-electron chi connectivity index (χ0n) is 19.1. The topological polar surface area (TPSA) is 61.5 Å². The van der Waals surface area contributed by atoms with Gasteiger partial charge in [0.1, 0.15) is 5.84 Å². The summed E-state index contributed by atoms with van der Waals surface area (Å²) in [7, 11) is 6.55. The Hall–Kier alpha value is -1.22. The van der Waals surface area contributed by atoms with Crippen LogP contribution in [0.2, 0.25) is 0 Å². The lowest BCUT2D eigenvalue weighted by molar-refractivity contribution is 0.181. The molecular formula is C24H51N7S. The molecule has 1 atom stereocenters. The number of fused-ring (bicyclic) bond motifs is 1. The molecule has 0 aromatic rings. The number of nitrogens with zero attached hydrogens (tertiary/aromatic N) is 6. The lowest BCUT2D eigenvalue weighted by Gasteiger charge is -2.28. The van der Waals surface area contributed by atoms with Crippen LogP contribution in [0.25, 0.3) is 0 Å². The van der Waals surface area contributed by atoms with Crippen molar-refractivity contribution < 1.29 is 0 Å². The van der Waals surface area contributed by atoms with Gasteiger partial charge in [-0.2, -0.15) is 10.1 Å². The normalized spacial score (nSPS) is 24.2. The standard InChI is InChI=1S/C8H10N4S.C7H15N.C6H14N2.3CH4/c1-4-5(2)10-8-12(7(4)9)11-6(3)13-8;2*1-7-3-5-8(2)6-4-7;;;/h4,9H,2H2,1,3H3;7H,3-6H2,1-2H3;3-6H2,1-2H3;3*1H4. The van der Waals surface area contributed by atoms with Crippen molar-refractivity contribution in [3.05, 3.63) is 12.3 Å². The molecule has 1 unspecified atom stereocenters. The Labute approximate surface area is 203 Å². The van der Waals surface area contributed by atoms with Crippen LogP contribution in [0.1, 0.15) is 55.9 Å². The van der Waals surface area contributed by atoms with E-state index in [2.05, 4.69) is 59.4 Å². The molecule has 0 spiro atoms. The quantitative estimate of drug-likeness (QED) is 0.542. The van der Waals surface area contributed by atoms with Crippen molar-refractivity contribution in [2.45, 2.75) is 55.9 Å². The number of hydrogen-bond acceptors (Lipinski definition) is 7. The van der Waals surface area contributed by atoms with Gasteiger partial charge < -0.3 is 14.7 Å². The van der Waals surface area contributed by atoms with Crippen LogP contribution >= 0.6 is 11.8 Å². The van der Waals surface area contributed by atoms with Crippen LogP contribution in [0.3, 0.4) is 0 Å². The molecule has 8 heteroatoms. The molecule has 2 fully saturated rings. The summed E-state index contributed by atoms with van der Waals surface area (Å²) in [5, 5.41) is 15.3. The summed E-state index contributed by atoms with van der Waals surface area (Å²) in [6.07, 6.45) is 2.80. The van der Waals surface area contributed by atoms with E-state index in [0.29, 0.717) is 5.84 Å². The summed E-state index contributed by atoms with van der Waals surface area (Å²) in [5.41, 5.74) is 0.744. The predicted molar refractivity (Wildman–Crippen MR) is 147 cm³/mol. The molecule has 32 heavy (non-hydrogen) atoms. The van der Waals surface area contributed by atoms with Gasteiger partial charge in [0.2, 0.25) is 0 Å². The molecular weight excluding hydrogens is 418 g/mol. The maximum Gasteiger partial charge on any atom is 0.196 e. The first-order chi connectivity index (χ1) is 13.7. The monoisotopic (exact) mass is 469 g/mol. The third-order valence-electron chi connectivity index (χ3n) is 5.77. The second-order valence-corrected chi connectivity index (χ2v) is 9.78. The first-order valence-electron chi connectivity index (χ1n) is 10.6. The predicted octanol–water partition coefficient (Wildman–Crippen LogP) is 4.99. The van der Waals surface area contributed by atoms with E-state index >= 15 is 0 Å². The number of likely N-dealkylation sites (tertiary alicyclic amines) is 1. The lowest BCUT2D eigenvalue weighted by Crippen LogP contribution is -2.42. The molecule has 188 valence electrons. The van der Waals surface area contributed by atoms with Crippen LogP contribution in [-0.2, 0) is 0 Å². The zero-order valence-corrected chi connectivity index (χ0v) is 19.9. The Morgan fingerprint density at radius 1 is 0.875 bits per heavy atom. The van der Waals surface area contributed by atoms with Crippen molar-refractivity contribution in [1.29, 1.82) is 5.41 Å². The minimum atomic E-state index is -0.0287. The number of rotatable bonds is 0. The van der Waals surface area contributed by atoms with Crippen molar-refractivity contribution in [2.75, 3.05) is 60.4 Å². The van der Waals surface area contributed by atoms with Gasteiger partial charge in [0, 0.05) is 31.9 Å². The van der Waals surface area contributed by atoms with E-state index in [0.717, 1.165) is 21.8 Å². The van der Waals surface area contributed by atoms with Gasteiger partial charge in [-0.05, 0) is 78.6 Å². The minimum absolute atomic E-state index is 0. The van der Waals surface area contributed by atoms with E-state index in [9.17, 15) is 0 Å². The Morgan fingerprint density at radius 2 is 1.31 bits per heavy atom. The molecule has 0 aromatic heterocycles. The van der Waals surface area contributed by atoms with Crippen LogP contribution in [0.5, 0.6) is 0 Å². The number of piperidine rings is 1. The van der Waals surface area contributed by atoms with Crippen molar-refractivity contribution in [3.63, 3.8) is 0 Å². The number of hydrogen-bond donors (Lipinski definition) is 1. The molecule has 0 amide bonds. The van der Waals surface area contributed by atoms with Gasteiger partial charge in [0.25, 0.3) is 0 Å². The summed E-state index contributed by atoms with van der Waals surface area (Å²) in [5.74, 6) is 1.41. The summed E-state index contributed by atoms with van der Waals surface area (Å²) in [6.45, 7) is 17.5. The van der Waals surface area contributed by atoms with Crippen LogP contribution in [0, 0.1) is 17.2 Å². The number of likely N-dealkylation sites (N-methyl/N-ethyl adjacent to an activating group) is 2. The second kappa shape index (κ2) is 15.6. The molecule has 4 rings (SSSR count). The highest BCUT2D eigenvalue weighted by Gasteiger charge is 2.32. The molecule has 0 aliphatic carbocycles. The molecule has 0 radical (unpaired) electrons. The Morgan fingerprint density at radius 3 is 1.75 bits per heavy atom. The van der Waals surface area contributed by atoms with E-state index in [4.69, 9.17) is 5.41 Å². The smallest absolute Gasteiger partial charge is 0.196 e. The average molecular weight is 470 g/mol. The number of hydrazone groups is 1. The van der Waals surface area contributed by atoms with Gasteiger partial charge in [-0.1, -0.05) is 35.8 Å². The maximum absolute atomic E-state index is 7.81. The Kier molecular flexibility index (Phi) is 16.1. The van der Waals surface area contributed by atoms with Gasteiger partial charge in [0.05, 0.1) is 11.0 Å². The summed E-state index contributed by atoms with van der Waals surface area (Å²) in [6, 6.07) is 0. The van der Waals surface area contributed by atoms with Crippen LogP contribution in [-0.4, -0.2) is 96.2 Å². The van der Waals surface area contributed by atoms with Crippen LogP contribution in [0.4, 0.5) is 0 Å². The summed E-state index contributed by atoms with van der Waals surface area (Å²) >= 11 is 1.48. The molecule has 4 heterocycles. The zero-order chi connectivity index (χ0) is 21.6. The number of amidine groups is 2. The molecule has 2 saturated heterocycles. The van der Waals surface area contributed by atoms with E-state index < -0.39 is 0 Å². The fourth-order valence-corrected chi connectivity index (χ4v) is 3.99. The summed E-state index contributed by atoms with van der Waals surface area (Å²) in [4.78, 5) is 11.4. The van der Waals surface area contributed by atoms with Crippen LogP contribution < -0.4 is 0 Å². The first kappa shape index (κ1) is 33.0.